The molecule has 0 saturated heterocycles. The van der Waals surface area contributed by atoms with Gasteiger partial charge in [0, 0.05) is 5.92 Å². The minimum absolute atomic E-state index is 0.235. The highest BCUT2D eigenvalue weighted by molar-refractivity contribution is 5.75. The zero-order chi connectivity index (χ0) is 13.0. The summed E-state index contributed by atoms with van der Waals surface area (Å²) in [5, 5.41) is 3.07. The van der Waals surface area contributed by atoms with Gasteiger partial charge in [0.2, 0.25) is 5.95 Å². The van der Waals surface area contributed by atoms with Crippen molar-refractivity contribution in [3.63, 3.8) is 0 Å². The topological polar surface area (TPSA) is 92.5 Å². The van der Waals surface area contributed by atoms with E-state index in [1.54, 1.807) is 0 Å². The molecule has 3 aromatic rings. The van der Waals surface area contributed by atoms with E-state index in [0.717, 1.165) is 29.6 Å². The molecule has 0 spiro atoms. The standard InChI is InChI=1S/C13H13N5O/c14-10-11(7-5-6-7)17-18(12(10)19)13-15-8-3-1-2-4-9(8)16-13/h1-4,7,17H,5-6,14H2,(H,15,16). The minimum atomic E-state index is -0.235. The molecule has 96 valence electrons. The Balaban J connectivity index is 1.91. The molecule has 0 radical (unpaired) electrons. The van der Waals surface area contributed by atoms with Crippen LogP contribution in [0.2, 0.25) is 0 Å². The molecule has 0 amide bonds. The second-order valence-electron chi connectivity index (χ2n) is 4.93. The summed E-state index contributed by atoms with van der Waals surface area (Å²) in [5.41, 5.74) is 8.50. The van der Waals surface area contributed by atoms with Gasteiger partial charge >= 0.3 is 0 Å². The average molecular weight is 255 g/mol. The molecule has 0 atom stereocenters. The molecule has 2 aromatic heterocycles. The van der Waals surface area contributed by atoms with Crippen molar-refractivity contribution in [1.29, 1.82) is 0 Å². The van der Waals surface area contributed by atoms with Crippen molar-refractivity contribution in [2.24, 2.45) is 0 Å². The predicted octanol–water partition coefficient (Wildman–Crippen LogP) is 1.50. The lowest BCUT2D eigenvalue weighted by Gasteiger charge is -1.95. The number of imidazole rings is 1. The van der Waals surface area contributed by atoms with Crippen LogP contribution >= 0.6 is 0 Å². The number of hydrogen-bond donors (Lipinski definition) is 3. The van der Waals surface area contributed by atoms with E-state index in [2.05, 4.69) is 15.1 Å². The summed E-state index contributed by atoms with van der Waals surface area (Å²) >= 11 is 0. The van der Waals surface area contributed by atoms with Gasteiger partial charge in [0.05, 0.1) is 16.7 Å². The fourth-order valence-electron chi connectivity index (χ4n) is 2.34. The Morgan fingerprint density at radius 3 is 2.84 bits per heavy atom. The molecular weight excluding hydrogens is 242 g/mol. The van der Waals surface area contributed by atoms with E-state index in [1.807, 2.05) is 24.3 Å². The summed E-state index contributed by atoms with van der Waals surface area (Å²) in [5.74, 6) is 0.878. The first kappa shape index (κ1) is 10.4. The van der Waals surface area contributed by atoms with E-state index in [4.69, 9.17) is 5.73 Å². The summed E-state index contributed by atoms with van der Waals surface area (Å²) in [4.78, 5) is 19.7. The molecule has 6 nitrogen and oxygen atoms in total. The molecule has 1 fully saturated rings. The van der Waals surface area contributed by atoms with Crippen LogP contribution in [0.3, 0.4) is 0 Å². The third-order valence-electron chi connectivity index (χ3n) is 3.53. The highest BCUT2D eigenvalue weighted by Gasteiger charge is 2.29. The number of nitrogens with two attached hydrogens (primary N) is 1. The second-order valence-corrected chi connectivity index (χ2v) is 4.93. The van der Waals surface area contributed by atoms with E-state index in [1.165, 1.54) is 4.68 Å². The first-order chi connectivity index (χ1) is 9.24. The van der Waals surface area contributed by atoms with Crippen LogP contribution < -0.4 is 11.3 Å². The SMILES string of the molecule is Nc1c(C2CC2)[nH]n(-c2nc3ccccc3[nH]2)c1=O. The van der Waals surface area contributed by atoms with Gasteiger partial charge in [-0.3, -0.25) is 9.89 Å². The Hall–Kier alpha value is -2.50. The zero-order valence-corrected chi connectivity index (χ0v) is 10.2. The van der Waals surface area contributed by atoms with Gasteiger partial charge in [0.25, 0.3) is 5.56 Å². The molecule has 1 aliphatic rings. The van der Waals surface area contributed by atoms with Crippen molar-refractivity contribution in [3.8, 4) is 5.95 Å². The van der Waals surface area contributed by atoms with E-state index in [-0.39, 0.29) is 5.56 Å². The smallest absolute Gasteiger partial charge is 0.297 e. The Morgan fingerprint density at radius 2 is 2.11 bits per heavy atom. The van der Waals surface area contributed by atoms with Crippen LogP contribution in [0.4, 0.5) is 5.69 Å². The highest BCUT2D eigenvalue weighted by Crippen LogP contribution is 2.40. The molecule has 0 aliphatic heterocycles. The monoisotopic (exact) mass is 255 g/mol. The molecule has 0 bridgehead atoms. The molecule has 4 rings (SSSR count). The third-order valence-corrected chi connectivity index (χ3v) is 3.53. The summed E-state index contributed by atoms with van der Waals surface area (Å²) in [6.45, 7) is 0. The number of anilines is 1. The number of nitrogens with one attached hydrogen (secondary N) is 2. The van der Waals surface area contributed by atoms with Crippen LogP contribution in [0.25, 0.3) is 17.0 Å². The molecule has 4 N–H and O–H groups in total. The third kappa shape index (κ3) is 1.49. The zero-order valence-electron chi connectivity index (χ0n) is 10.2. The number of nitrogens with zero attached hydrogens (tertiary/aromatic N) is 2. The summed E-state index contributed by atoms with van der Waals surface area (Å²) in [6.07, 6.45) is 2.18. The first-order valence-corrected chi connectivity index (χ1v) is 6.29. The van der Waals surface area contributed by atoms with Crippen molar-refractivity contribution in [2.75, 3.05) is 5.73 Å². The maximum Gasteiger partial charge on any atom is 0.297 e. The van der Waals surface area contributed by atoms with Gasteiger partial charge in [-0.1, -0.05) is 12.1 Å². The largest absolute Gasteiger partial charge is 0.393 e. The fourth-order valence-corrected chi connectivity index (χ4v) is 2.34. The van der Waals surface area contributed by atoms with Crippen LogP contribution in [-0.4, -0.2) is 19.7 Å². The summed E-state index contributed by atoms with van der Waals surface area (Å²) in [6, 6.07) is 7.65. The van der Waals surface area contributed by atoms with Gasteiger partial charge in [-0.15, -0.1) is 0 Å². The first-order valence-electron chi connectivity index (χ1n) is 6.29. The molecular formula is C13H13N5O. The molecule has 1 aromatic carbocycles. The maximum absolute atomic E-state index is 12.1. The van der Waals surface area contributed by atoms with Gasteiger partial charge in [-0.2, -0.15) is 4.68 Å². The van der Waals surface area contributed by atoms with E-state index >= 15 is 0 Å². The number of hydrogen-bond acceptors (Lipinski definition) is 3. The number of aromatic nitrogens is 4. The van der Waals surface area contributed by atoms with Crippen molar-refractivity contribution in [2.45, 2.75) is 18.8 Å². The Labute approximate surface area is 108 Å². The number of nitrogen functional groups attached to an aromatic ring is 1. The molecule has 6 heteroatoms. The average Bonchev–Trinajstić information content (AvgIpc) is 3.10. The molecule has 1 saturated carbocycles. The number of aromatic amines is 2. The number of rotatable bonds is 2. The van der Waals surface area contributed by atoms with Gasteiger partial charge < -0.3 is 10.7 Å². The molecule has 1 aliphatic carbocycles. The van der Waals surface area contributed by atoms with Gasteiger partial charge in [0.1, 0.15) is 5.69 Å². The molecule has 2 heterocycles. The lowest BCUT2D eigenvalue weighted by atomic mass is 10.3. The van der Waals surface area contributed by atoms with Crippen LogP contribution in [0, 0.1) is 0 Å². The quantitative estimate of drug-likeness (QED) is 0.648. The maximum atomic E-state index is 12.1. The number of para-hydroxylation sites is 2. The van der Waals surface area contributed by atoms with Gasteiger partial charge in [-0.25, -0.2) is 4.98 Å². The van der Waals surface area contributed by atoms with Crippen molar-refractivity contribution < 1.29 is 0 Å². The lowest BCUT2D eigenvalue weighted by Crippen LogP contribution is -2.17. The second kappa shape index (κ2) is 3.50. The minimum Gasteiger partial charge on any atom is -0.393 e. The van der Waals surface area contributed by atoms with Gasteiger partial charge in [-0.05, 0) is 25.0 Å². The predicted molar refractivity (Wildman–Crippen MR) is 72.4 cm³/mol. The van der Waals surface area contributed by atoms with E-state index < -0.39 is 0 Å². The van der Waals surface area contributed by atoms with E-state index in [0.29, 0.717) is 17.6 Å². The number of fused-ring (bicyclic) bond motifs is 1. The Bertz CT molecular complexity index is 788. The fraction of sp³-hybridized carbons (Fsp3) is 0.231. The van der Waals surface area contributed by atoms with Crippen LogP contribution in [0.15, 0.2) is 29.1 Å². The Kier molecular flexibility index (Phi) is 1.92. The number of benzene rings is 1. The van der Waals surface area contributed by atoms with E-state index in [9.17, 15) is 4.79 Å². The van der Waals surface area contributed by atoms with Crippen LogP contribution in [-0.2, 0) is 0 Å². The molecule has 0 unspecified atom stereocenters. The highest BCUT2D eigenvalue weighted by atomic mass is 16.1. The summed E-state index contributed by atoms with van der Waals surface area (Å²) in [7, 11) is 0. The Morgan fingerprint density at radius 1 is 1.32 bits per heavy atom. The van der Waals surface area contributed by atoms with Gasteiger partial charge in [0.15, 0.2) is 0 Å². The van der Waals surface area contributed by atoms with Crippen LogP contribution in [0.5, 0.6) is 0 Å². The van der Waals surface area contributed by atoms with Crippen molar-refractivity contribution >= 4 is 16.7 Å². The normalized spacial score (nSPS) is 15.2. The lowest BCUT2D eigenvalue weighted by molar-refractivity contribution is 0.778. The van der Waals surface area contributed by atoms with Crippen molar-refractivity contribution in [3.05, 3.63) is 40.3 Å². The van der Waals surface area contributed by atoms with Crippen molar-refractivity contribution in [1.82, 2.24) is 19.7 Å². The number of H-pyrrole nitrogens is 2. The molecule has 19 heavy (non-hydrogen) atoms. The summed E-state index contributed by atoms with van der Waals surface area (Å²) < 4.78 is 1.39. The van der Waals surface area contributed by atoms with Crippen LogP contribution in [0.1, 0.15) is 24.5 Å².